The molecule has 2 rings (SSSR count). The van der Waals surface area contributed by atoms with Gasteiger partial charge in [-0.25, -0.2) is 4.68 Å². The van der Waals surface area contributed by atoms with E-state index >= 15 is 0 Å². The minimum atomic E-state index is -0.0653. The summed E-state index contributed by atoms with van der Waals surface area (Å²) in [6, 6.07) is 0. The van der Waals surface area contributed by atoms with Gasteiger partial charge in [0.05, 0.1) is 6.67 Å². The Labute approximate surface area is 107 Å². The Morgan fingerprint density at radius 3 is 2.59 bits per heavy atom. The van der Waals surface area contributed by atoms with Crippen LogP contribution in [0.2, 0.25) is 0 Å². The number of aliphatic hydroxyl groups excluding tert-OH is 1. The first-order chi connectivity index (χ1) is 8.11. The van der Waals surface area contributed by atoms with Gasteiger partial charge in [-0.15, -0.1) is 0 Å². The van der Waals surface area contributed by atoms with Crippen molar-refractivity contribution in [3.05, 3.63) is 10.6 Å². The largest absolute Gasteiger partial charge is 0.388 e. The molecule has 0 atom stereocenters. The highest BCUT2D eigenvalue weighted by atomic mass is 32.1. The Morgan fingerprint density at radius 2 is 2.06 bits per heavy atom. The van der Waals surface area contributed by atoms with Crippen LogP contribution in [0.15, 0.2) is 0 Å². The Kier molecular flexibility index (Phi) is 3.96. The van der Waals surface area contributed by atoms with Gasteiger partial charge in [-0.3, -0.25) is 4.90 Å². The van der Waals surface area contributed by atoms with Crippen LogP contribution in [0.5, 0.6) is 0 Å². The van der Waals surface area contributed by atoms with Gasteiger partial charge in [0.25, 0.3) is 0 Å². The van der Waals surface area contributed by atoms with Gasteiger partial charge in [0, 0.05) is 20.1 Å². The van der Waals surface area contributed by atoms with E-state index in [0.29, 0.717) is 10.6 Å². The SMILES string of the molecule is CC1CCN(Cn2nc(CO)n(C)c2=S)CC1. The van der Waals surface area contributed by atoms with Crippen LogP contribution in [0, 0.1) is 10.7 Å². The molecule has 0 amide bonds. The lowest BCUT2D eigenvalue weighted by molar-refractivity contribution is 0.145. The number of aromatic nitrogens is 3. The Hall–Kier alpha value is -0.720. The Balaban J connectivity index is 2.06. The predicted octanol–water partition coefficient (Wildman–Crippen LogP) is 1.13. The van der Waals surface area contributed by atoms with E-state index in [4.69, 9.17) is 17.3 Å². The molecule has 6 heteroatoms. The highest BCUT2D eigenvalue weighted by Crippen LogP contribution is 2.16. The maximum atomic E-state index is 9.14. The van der Waals surface area contributed by atoms with E-state index in [0.717, 1.165) is 25.7 Å². The molecule has 0 saturated carbocycles. The van der Waals surface area contributed by atoms with Crippen molar-refractivity contribution in [2.75, 3.05) is 13.1 Å². The average molecular weight is 256 g/mol. The third-order valence-corrected chi connectivity index (χ3v) is 3.97. The first kappa shape index (κ1) is 12.7. The molecule has 1 aromatic heterocycles. The van der Waals surface area contributed by atoms with Crippen LogP contribution in [0.1, 0.15) is 25.6 Å². The van der Waals surface area contributed by atoms with Crippen molar-refractivity contribution < 1.29 is 5.11 Å². The fraction of sp³-hybridized carbons (Fsp3) is 0.818. The van der Waals surface area contributed by atoms with Gasteiger partial charge in [-0.05, 0) is 31.0 Å². The second-order valence-electron chi connectivity index (χ2n) is 4.86. The molecule has 1 N–H and O–H groups in total. The van der Waals surface area contributed by atoms with Gasteiger partial charge in [-0.2, -0.15) is 5.10 Å². The van der Waals surface area contributed by atoms with Crippen LogP contribution in [-0.4, -0.2) is 37.4 Å². The number of rotatable bonds is 3. The average Bonchev–Trinajstić information content (AvgIpc) is 2.60. The van der Waals surface area contributed by atoms with Crippen molar-refractivity contribution in [3.63, 3.8) is 0 Å². The Morgan fingerprint density at radius 1 is 1.41 bits per heavy atom. The maximum absolute atomic E-state index is 9.14. The first-order valence-corrected chi connectivity index (χ1v) is 6.48. The lowest BCUT2D eigenvalue weighted by Crippen LogP contribution is -2.34. The van der Waals surface area contributed by atoms with Crippen LogP contribution in [0.25, 0.3) is 0 Å². The van der Waals surface area contributed by atoms with E-state index in [2.05, 4.69) is 16.9 Å². The molecule has 0 radical (unpaired) electrons. The van der Waals surface area contributed by atoms with Crippen molar-refractivity contribution in [2.45, 2.75) is 33.0 Å². The summed E-state index contributed by atoms with van der Waals surface area (Å²) >= 11 is 5.30. The predicted molar refractivity (Wildman–Crippen MR) is 67.9 cm³/mol. The van der Waals surface area contributed by atoms with Gasteiger partial charge in [0.15, 0.2) is 10.6 Å². The molecule has 17 heavy (non-hydrogen) atoms. The van der Waals surface area contributed by atoms with Crippen molar-refractivity contribution in [1.29, 1.82) is 0 Å². The summed E-state index contributed by atoms with van der Waals surface area (Å²) < 4.78 is 4.24. The van der Waals surface area contributed by atoms with E-state index in [9.17, 15) is 0 Å². The number of aliphatic hydroxyl groups is 1. The second-order valence-corrected chi connectivity index (χ2v) is 5.22. The minimum absolute atomic E-state index is 0.0653. The van der Waals surface area contributed by atoms with Crippen LogP contribution >= 0.6 is 12.2 Å². The molecule has 2 heterocycles. The fourth-order valence-corrected chi connectivity index (χ4v) is 2.36. The van der Waals surface area contributed by atoms with Crippen molar-refractivity contribution in [2.24, 2.45) is 13.0 Å². The van der Waals surface area contributed by atoms with Crippen molar-refractivity contribution in [3.8, 4) is 0 Å². The summed E-state index contributed by atoms with van der Waals surface area (Å²) in [5.74, 6) is 1.45. The third kappa shape index (κ3) is 2.75. The monoisotopic (exact) mass is 256 g/mol. The lowest BCUT2D eigenvalue weighted by Gasteiger charge is -2.29. The quantitative estimate of drug-likeness (QED) is 0.824. The summed E-state index contributed by atoms with van der Waals surface area (Å²) in [6.45, 7) is 5.18. The number of nitrogens with zero attached hydrogens (tertiary/aromatic N) is 4. The van der Waals surface area contributed by atoms with E-state index in [-0.39, 0.29) is 6.61 Å². The molecule has 0 spiro atoms. The van der Waals surface area contributed by atoms with Crippen LogP contribution < -0.4 is 0 Å². The van der Waals surface area contributed by atoms with Gasteiger partial charge in [0.2, 0.25) is 0 Å². The first-order valence-electron chi connectivity index (χ1n) is 6.07. The molecule has 96 valence electrons. The minimum Gasteiger partial charge on any atom is -0.388 e. The number of piperidine rings is 1. The van der Waals surface area contributed by atoms with Crippen LogP contribution in [0.3, 0.4) is 0 Å². The molecule has 1 fully saturated rings. The van der Waals surface area contributed by atoms with E-state index in [1.54, 1.807) is 9.25 Å². The molecule has 1 aromatic rings. The van der Waals surface area contributed by atoms with Crippen LogP contribution in [0.4, 0.5) is 0 Å². The zero-order valence-electron chi connectivity index (χ0n) is 10.5. The molecule has 0 unspecified atom stereocenters. The summed E-state index contributed by atoms with van der Waals surface area (Å²) in [4.78, 5) is 2.37. The number of hydrogen-bond acceptors (Lipinski definition) is 4. The normalized spacial score (nSPS) is 18.8. The third-order valence-electron chi connectivity index (χ3n) is 3.48. The zero-order chi connectivity index (χ0) is 12.4. The molecule has 1 saturated heterocycles. The second kappa shape index (κ2) is 5.29. The lowest BCUT2D eigenvalue weighted by atomic mass is 10.00. The van der Waals surface area contributed by atoms with Gasteiger partial charge in [-0.1, -0.05) is 6.92 Å². The van der Waals surface area contributed by atoms with Crippen molar-refractivity contribution in [1.82, 2.24) is 19.2 Å². The highest BCUT2D eigenvalue weighted by molar-refractivity contribution is 7.71. The van der Waals surface area contributed by atoms with Gasteiger partial charge >= 0.3 is 0 Å². The molecule has 0 aromatic carbocycles. The molecular formula is C11H20N4OS. The topological polar surface area (TPSA) is 46.2 Å². The highest BCUT2D eigenvalue weighted by Gasteiger charge is 2.17. The summed E-state index contributed by atoms with van der Waals surface area (Å²) in [5, 5.41) is 13.5. The zero-order valence-corrected chi connectivity index (χ0v) is 11.3. The van der Waals surface area contributed by atoms with E-state index in [1.165, 1.54) is 12.8 Å². The molecule has 1 aliphatic rings. The van der Waals surface area contributed by atoms with Gasteiger partial charge in [0.1, 0.15) is 6.61 Å². The molecule has 0 aliphatic carbocycles. The summed E-state index contributed by atoms with van der Waals surface area (Å²) in [6.07, 6.45) is 2.49. The summed E-state index contributed by atoms with van der Waals surface area (Å²) in [5.41, 5.74) is 0. The standard InChI is InChI=1S/C11H20N4OS/c1-9-3-5-14(6-4-9)8-15-11(17)13(2)10(7-16)12-15/h9,16H,3-8H2,1-2H3. The smallest absolute Gasteiger partial charge is 0.198 e. The molecular weight excluding hydrogens is 236 g/mol. The van der Waals surface area contributed by atoms with Crippen LogP contribution in [-0.2, 0) is 20.3 Å². The maximum Gasteiger partial charge on any atom is 0.198 e. The van der Waals surface area contributed by atoms with E-state index in [1.807, 2.05) is 7.05 Å². The number of likely N-dealkylation sites (tertiary alicyclic amines) is 1. The Bertz CT molecular complexity index is 431. The summed E-state index contributed by atoms with van der Waals surface area (Å²) in [7, 11) is 1.84. The molecule has 1 aliphatic heterocycles. The van der Waals surface area contributed by atoms with E-state index < -0.39 is 0 Å². The van der Waals surface area contributed by atoms with Crippen molar-refractivity contribution >= 4 is 12.2 Å². The van der Waals surface area contributed by atoms with Gasteiger partial charge < -0.3 is 9.67 Å². The number of hydrogen-bond donors (Lipinski definition) is 1. The molecule has 0 bridgehead atoms. The molecule has 5 nitrogen and oxygen atoms in total. The fourth-order valence-electron chi connectivity index (χ4n) is 2.16.